The van der Waals surface area contributed by atoms with Gasteiger partial charge in [-0.25, -0.2) is 4.39 Å². The van der Waals surface area contributed by atoms with Gasteiger partial charge in [0.2, 0.25) is 0 Å². The predicted octanol–water partition coefficient (Wildman–Crippen LogP) is 4.90. The third kappa shape index (κ3) is 3.68. The molecule has 2 nitrogen and oxygen atoms in total. The monoisotopic (exact) mass is 308 g/mol. The van der Waals surface area contributed by atoms with E-state index in [1.807, 2.05) is 26.0 Å². The lowest BCUT2D eigenvalue weighted by molar-refractivity contribution is 0.628. The SMILES string of the molecule is Cc1cc(NC(=S)Nc2cc(F)ccc2C)ccc1Cl. The molecule has 0 unspecified atom stereocenters. The maximum atomic E-state index is 13.2. The van der Waals surface area contributed by atoms with E-state index in [4.69, 9.17) is 23.8 Å². The molecule has 0 aliphatic rings. The molecule has 0 aromatic heterocycles. The van der Waals surface area contributed by atoms with E-state index in [2.05, 4.69) is 10.6 Å². The molecule has 104 valence electrons. The van der Waals surface area contributed by atoms with Crippen molar-refractivity contribution in [2.75, 3.05) is 10.6 Å². The summed E-state index contributed by atoms with van der Waals surface area (Å²) in [5, 5.41) is 7.13. The van der Waals surface area contributed by atoms with Crippen molar-refractivity contribution >= 4 is 40.3 Å². The summed E-state index contributed by atoms with van der Waals surface area (Å²) in [5.74, 6) is -0.303. The summed E-state index contributed by atoms with van der Waals surface area (Å²) in [6, 6.07) is 10.1. The van der Waals surface area contributed by atoms with Gasteiger partial charge >= 0.3 is 0 Å². The van der Waals surface area contributed by atoms with E-state index in [-0.39, 0.29) is 5.82 Å². The molecule has 0 heterocycles. The van der Waals surface area contributed by atoms with Gasteiger partial charge in [0, 0.05) is 16.4 Å². The van der Waals surface area contributed by atoms with Crippen LogP contribution in [-0.4, -0.2) is 5.11 Å². The van der Waals surface area contributed by atoms with Gasteiger partial charge in [-0.3, -0.25) is 0 Å². The lowest BCUT2D eigenvalue weighted by atomic mass is 10.2. The zero-order valence-corrected chi connectivity index (χ0v) is 12.7. The fraction of sp³-hybridized carbons (Fsp3) is 0.133. The number of halogens is 2. The maximum Gasteiger partial charge on any atom is 0.175 e. The first-order valence-electron chi connectivity index (χ1n) is 6.06. The normalized spacial score (nSPS) is 10.2. The number of thiocarbonyl (C=S) groups is 1. The summed E-state index contributed by atoms with van der Waals surface area (Å²) in [7, 11) is 0. The van der Waals surface area contributed by atoms with E-state index in [1.165, 1.54) is 12.1 Å². The van der Waals surface area contributed by atoms with Gasteiger partial charge in [0.1, 0.15) is 5.82 Å². The van der Waals surface area contributed by atoms with Crippen LogP contribution in [0.3, 0.4) is 0 Å². The lowest BCUT2D eigenvalue weighted by Crippen LogP contribution is -2.19. The Labute approximate surface area is 128 Å². The van der Waals surface area contributed by atoms with E-state index in [0.29, 0.717) is 15.8 Å². The zero-order chi connectivity index (χ0) is 14.7. The van der Waals surface area contributed by atoms with Crippen LogP contribution < -0.4 is 10.6 Å². The van der Waals surface area contributed by atoms with Gasteiger partial charge in [-0.05, 0) is 67.5 Å². The molecule has 2 rings (SSSR count). The van der Waals surface area contributed by atoms with Gasteiger partial charge in [0.15, 0.2) is 5.11 Å². The highest BCUT2D eigenvalue weighted by molar-refractivity contribution is 7.80. The Hall–Kier alpha value is -1.65. The average molecular weight is 309 g/mol. The molecule has 0 aliphatic heterocycles. The molecule has 5 heteroatoms. The molecule has 0 fully saturated rings. The van der Waals surface area contributed by atoms with E-state index >= 15 is 0 Å². The second-order valence-electron chi connectivity index (χ2n) is 4.50. The van der Waals surface area contributed by atoms with Crippen molar-refractivity contribution in [1.29, 1.82) is 0 Å². The molecule has 0 amide bonds. The first kappa shape index (κ1) is 14.8. The number of benzene rings is 2. The second-order valence-corrected chi connectivity index (χ2v) is 5.32. The predicted molar refractivity (Wildman–Crippen MR) is 87.2 cm³/mol. The Morgan fingerprint density at radius 3 is 2.50 bits per heavy atom. The largest absolute Gasteiger partial charge is 0.332 e. The average Bonchev–Trinajstić information content (AvgIpc) is 2.38. The Kier molecular flexibility index (Phi) is 4.57. The standard InChI is InChI=1S/C15H14ClFN2S/c1-9-3-4-11(17)8-14(9)19-15(20)18-12-5-6-13(16)10(2)7-12/h3-8H,1-2H3,(H2,18,19,20). The van der Waals surface area contributed by atoms with Crippen LogP contribution in [0.1, 0.15) is 11.1 Å². The van der Waals surface area contributed by atoms with Crippen LogP contribution in [0, 0.1) is 19.7 Å². The number of aryl methyl sites for hydroxylation is 2. The van der Waals surface area contributed by atoms with Crippen molar-refractivity contribution in [3.05, 3.63) is 58.4 Å². The quantitative estimate of drug-likeness (QED) is 0.771. The summed E-state index contributed by atoms with van der Waals surface area (Å²) >= 11 is 11.2. The first-order valence-corrected chi connectivity index (χ1v) is 6.84. The fourth-order valence-corrected chi connectivity index (χ4v) is 2.08. The topological polar surface area (TPSA) is 24.1 Å². The highest BCUT2D eigenvalue weighted by Gasteiger charge is 2.04. The number of nitrogens with one attached hydrogen (secondary N) is 2. The van der Waals surface area contributed by atoms with Gasteiger partial charge in [-0.2, -0.15) is 0 Å². The molecule has 0 bridgehead atoms. The molecule has 0 saturated heterocycles. The Morgan fingerprint density at radius 1 is 1.05 bits per heavy atom. The highest BCUT2D eigenvalue weighted by atomic mass is 35.5. The van der Waals surface area contributed by atoms with Crippen LogP contribution in [0.2, 0.25) is 5.02 Å². The van der Waals surface area contributed by atoms with Crippen molar-refractivity contribution in [1.82, 2.24) is 0 Å². The van der Waals surface area contributed by atoms with E-state index in [0.717, 1.165) is 16.8 Å². The minimum atomic E-state index is -0.303. The second kappa shape index (κ2) is 6.20. The van der Waals surface area contributed by atoms with Crippen molar-refractivity contribution < 1.29 is 4.39 Å². The fourth-order valence-electron chi connectivity index (χ4n) is 1.74. The summed E-state index contributed by atoms with van der Waals surface area (Å²) in [6.45, 7) is 3.80. The molecule has 0 saturated carbocycles. The van der Waals surface area contributed by atoms with Crippen LogP contribution in [0.4, 0.5) is 15.8 Å². The van der Waals surface area contributed by atoms with Crippen LogP contribution in [0.25, 0.3) is 0 Å². The molecular weight excluding hydrogens is 295 g/mol. The number of hydrogen-bond donors (Lipinski definition) is 2. The number of rotatable bonds is 2. The maximum absolute atomic E-state index is 13.2. The Balaban J connectivity index is 2.09. The molecule has 2 aromatic rings. The Morgan fingerprint density at radius 2 is 1.80 bits per heavy atom. The third-order valence-corrected chi connectivity index (χ3v) is 3.49. The summed E-state index contributed by atoms with van der Waals surface area (Å²) < 4.78 is 13.2. The number of anilines is 2. The molecule has 2 aromatic carbocycles. The summed E-state index contributed by atoms with van der Waals surface area (Å²) in [6.07, 6.45) is 0. The number of hydrogen-bond acceptors (Lipinski definition) is 1. The van der Waals surface area contributed by atoms with Crippen LogP contribution in [0.15, 0.2) is 36.4 Å². The van der Waals surface area contributed by atoms with E-state index in [1.54, 1.807) is 12.1 Å². The molecule has 0 radical (unpaired) electrons. The molecule has 0 aliphatic carbocycles. The third-order valence-electron chi connectivity index (χ3n) is 2.86. The van der Waals surface area contributed by atoms with Crippen molar-refractivity contribution in [2.24, 2.45) is 0 Å². The Bertz CT molecular complexity index is 658. The first-order chi connectivity index (χ1) is 9.45. The van der Waals surface area contributed by atoms with Crippen LogP contribution >= 0.6 is 23.8 Å². The van der Waals surface area contributed by atoms with Gasteiger partial charge in [0.25, 0.3) is 0 Å². The van der Waals surface area contributed by atoms with Gasteiger partial charge in [0.05, 0.1) is 0 Å². The molecule has 20 heavy (non-hydrogen) atoms. The summed E-state index contributed by atoms with van der Waals surface area (Å²) in [4.78, 5) is 0. The smallest absolute Gasteiger partial charge is 0.175 e. The lowest BCUT2D eigenvalue weighted by Gasteiger charge is -2.13. The van der Waals surface area contributed by atoms with Crippen molar-refractivity contribution in [3.63, 3.8) is 0 Å². The molecule has 0 spiro atoms. The minimum absolute atomic E-state index is 0.303. The summed E-state index contributed by atoms with van der Waals surface area (Å²) in [5.41, 5.74) is 3.36. The van der Waals surface area contributed by atoms with E-state index in [9.17, 15) is 4.39 Å². The minimum Gasteiger partial charge on any atom is -0.332 e. The van der Waals surface area contributed by atoms with Gasteiger partial charge in [-0.1, -0.05) is 17.7 Å². The molecule has 2 N–H and O–H groups in total. The zero-order valence-electron chi connectivity index (χ0n) is 11.1. The molecular formula is C15H14ClFN2S. The molecule has 0 atom stereocenters. The van der Waals surface area contributed by atoms with E-state index < -0.39 is 0 Å². The van der Waals surface area contributed by atoms with Crippen LogP contribution in [0.5, 0.6) is 0 Å². The van der Waals surface area contributed by atoms with Crippen molar-refractivity contribution in [3.8, 4) is 0 Å². The van der Waals surface area contributed by atoms with Gasteiger partial charge in [-0.15, -0.1) is 0 Å². The van der Waals surface area contributed by atoms with Crippen molar-refractivity contribution in [2.45, 2.75) is 13.8 Å². The van der Waals surface area contributed by atoms with Gasteiger partial charge < -0.3 is 10.6 Å². The highest BCUT2D eigenvalue weighted by Crippen LogP contribution is 2.20. The van der Waals surface area contributed by atoms with Crippen LogP contribution in [-0.2, 0) is 0 Å².